The van der Waals surface area contributed by atoms with Crippen molar-refractivity contribution in [1.29, 1.82) is 0 Å². The maximum atomic E-state index is 12.6. The largest absolute Gasteiger partial charge is 0.481 e. The summed E-state index contributed by atoms with van der Waals surface area (Å²) in [7, 11) is -2.03. The average molecular weight is 348 g/mol. The number of nitrogens with zero attached hydrogens (tertiary/aromatic N) is 1. The summed E-state index contributed by atoms with van der Waals surface area (Å²) in [4.78, 5) is 11.1. The van der Waals surface area contributed by atoms with Gasteiger partial charge in [-0.3, -0.25) is 4.79 Å². The van der Waals surface area contributed by atoms with E-state index in [-0.39, 0.29) is 18.3 Å². The van der Waals surface area contributed by atoms with Crippen molar-refractivity contribution >= 4 is 16.2 Å². The van der Waals surface area contributed by atoms with Crippen LogP contribution in [-0.2, 0) is 19.7 Å². The molecule has 1 saturated heterocycles. The third-order valence-electron chi connectivity index (χ3n) is 4.90. The summed E-state index contributed by atoms with van der Waals surface area (Å²) in [5, 5.41) is 9.12. The van der Waals surface area contributed by atoms with Crippen LogP contribution in [0.5, 0.6) is 0 Å². The molecule has 0 aromatic carbocycles. The molecule has 7 nitrogen and oxygen atoms in total. The Hall–Kier alpha value is -0.700. The lowest BCUT2D eigenvalue weighted by Crippen LogP contribution is -2.48. The summed E-state index contributed by atoms with van der Waals surface area (Å²) >= 11 is 0. The fourth-order valence-corrected chi connectivity index (χ4v) is 5.24. The van der Waals surface area contributed by atoms with Gasteiger partial charge in [0, 0.05) is 26.2 Å². The van der Waals surface area contributed by atoms with Crippen molar-refractivity contribution in [1.82, 2.24) is 9.03 Å². The lowest BCUT2D eigenvalue weighted by atomic mass is 9.83. The summed E-state index contributed by atoms with van der Waals surface area (Å²) in [5.41, 5.74) is 0. The van der Waals surface area contributed by atoms with E-state index >= 15 is 0 Å². The zero-order valence-electron chi connectivity index (χ0n) is 13.7. The fourth-order valence-electron chi connectivity index (χ4n) is 3.68. The van der Waals surface area contributed by atoms with E-state index in [1.165, 1.54) is 4.31 Å². The van der Waals surface area contributed by atoms with Crippen LogP contribution in [0.3, 0.4) is 0 Å². The number of carboxylic acid groups (broad SMARTS) is 1. The highest BCUT2D eigenvalue weighted by Gasteiger charge is 2.35. The lowest BCUT2D eigenvalue weighted by Gasteiger charge is -2.31. The first-order chi connectivity index (χ1) is 10.9. The van der Waals surface area contributed by atoms with Crippen molar-refractivity contribution in [2.24, 2.45) is 11.8 Å². The minimum atomic E-state index is -3.64. The van der Waals surface area contributed by atoms with Crippen molar-refractivity contribution in [3.8, 4) is 0 Å². The summed E-state index contributed by atoms with van der Waals surface area (Å²) in [6, 6.07) is -0.515. The second-order valence-corrected chi connectivity index (χ2v) is 8.40. The van der Waals surface area contributed by atoms with Crippen molar-refractivity contribution in [3.05, 3.63) is 0 Å². The number of hydrogen-bond acceptors (Lipinski definition) is 4. The predicted molar refractivity (Wildman–Crippen MR) is 86.2 cm³/mol. The number of hydrogen-bond donors (Lipinski definition) is 2. The standard InChI is InChI=1S/C15H28N2O5S/c1-22-11-12-7-8-17(10-12)23(20,21)16-14(9-15(18)19)13-5-3-2-4-6-13/h12-14,16H,2-11H2,1H3,(H,18,19)/t12?,14-/m0/s1. The highest BCUT2D eigenvalue weighted by molar-refractivity contribution is 7.87. The van der Waals surface area contributed by atoms with Gasteiger partial charge in [-0.2, -0.15) is 17.4 Å². The summed E-state index contributed by atoms with van der Waals surface area (Å²) in [5.74, 6) is -0.627. The zero-order chi connectivity index (χ0) is 16.9. The molecule has 2 N–H and O–H groups in total. The van der Waals surface area contributed by atoms with Crippen LogP contribution in [0.15, 0.2) is 0 Å². The number of ether oxygens (including phenoxy) is 1. The Morgan fingerprint density at radius 1 is 1.30 bits per heavy atom. The first-order valence-corrected chi connectivity index (χ1v) is 9.84. The molecular weight excluding hydrogens is 320 g/mol. The Morgan fingerprint density at radius 2 is 2.00 bits per heavy atom. The van der Waals surface area contributed by atoms with Crippen molar-refractivity contribution in [2.75, 3.05) is 26.8 Å². The first-order valence-electron chi connectivity index (χ1n) is 8.40. The minimum Gasteiger partial charge on any atom is -0.481 e. The summed E-state index contributed by atoms with van der Waals surface area (Å²) in [6.07, 6.45) is 5.65. The Balaban J connectivity index is 2.00. The van der Waals surface area contributed by atoms with Gasteiger partial charge in [-0.05, 0) is 31.1 Å². The molecule has 23 heavy (non-hydrogen) atoms. The molecule has 0 spiro atoms. The third kappa shape index (κ3) is 5.41. The number of nitrogens with one attached hydrogen (secondary N) is 1. The molecule has 134 valence electrons. The maximum absolute atomic E-state index is 12.6. The van der Waals surface area contributed by atoms with Gasteiger partial charge in [-0.15, -0.1) is 0 Å². The van der Waals surface area contributed by atoms with Crippen LogP contribution in [0.25, 0.3) is 0 Å². The summed E-state index contributed by atoms with van der Waals surface area (Å²) < 4.78 is 34.4. The van der Waals surface area contributed by atoms with Crippen molar-refractivity contribution in [3.63, 3.8) is 0 Å². The molecule has 2 atom stereocenters. The number of methoxy groups -OCH3 is 1. The van der Waals surface area contributed by atoms with E-state index < -0.39 is 22.2 Å². The zero-order valence-corrected chi connectivity index (χ0v) is 14.6. The molecule has 2 aliphatic rings. The van der Waals surface area contributed by atoms with Crippen LogP contribution >= 0.6 is 0 Å². The molecule has 1 aliphatic carbocycles. The Kier molecular flexibility index (Phi) is 6.82. The van der Waals surface area contributed by atoms with E-state index in [0.29, 0.717) is 19.7 Å². The van der Waals surface area contributed by atoms with Gasteiger partial charge in [0.2, 0.25) is 0 Å². The molecule has 0 amide bonds. The highest BCUT2D eigenvalue weighted by atomic mass is 32.2. The van der Waals surface area contributed by atoms with Gasteiger partial charge in [0.1, 0.15) is 0 Å². The predicted octanol–water partition coefficient (Wildman–Crippen LogP) is 1.21. The van der Waals surface area contributed by atoms with Crippen molar-refractivity contribution < 1.29 is 23.1 Å². The van der Waals surface area contributed by atoms with E-state index in [0.717, 1.165) is 38.5 Å². The monoisotopic (exact) mass is 348 g/mol. The van der Waals surface area contributed by atoms with Crippen LogP contribution < -0.4 is 4.72 Å². The van der Waals surface area contributed by atoms with E-state index in [2.05, 4.69) is 4.72 Å². The topological polar surface area (TPSA) is 95.9 Å². The Morgan fingerprint density at radius 3 is 2.61 bits per heavy atom. The van der Waals surface area contributed by atoms with E-state index in [1.54, 1.807) is 7.11 Å². The second kappa shape index (κ2) is 8.41. The van der Waals surface area contributed by atoms with Crippen LogP contribution in [0.2, 0.25) is 0 Å². The van der Waals surface area contributed by atoms with Gasteiger partial charge in [-0.1, -0.05) is 19.3 Å². The molecule has 2 fully saturated rings. The van der Waals surface area contributed by atoms with Gasteiger partial charge in [0.15, 0.2) is 0 Å². The number of aliphatic carboxylic acids is 1. The second-order valence-electron chi connectivity index (χ2n) is 6.69. The van der Waals surface area contributed by atoms with Gasteiger partial charge in [0.05, 0.1) is 13.0 Å². The van der Waals surface area contributed by atoms with E-state index in [4.69, 9.17) is 9.84 Å². The molecule has 1 heterocycles. The van der Waals surface area contributed by atoms with Crippen LogP contribution in [0, 0.1) is 11.8 Å². The molecule has 2 rings (SSSR count). The van der Waals surface area contributed by atoms with Crippen molar-refractivity contribution in [2.45, 2.75) is 51.0 Å². The Bertz CT molecular complexity index is 490. The van der Waals surface area contributed by atoms with Gasteiger partial charge in [0.25, 0.3) is 10.2 Å². The molecule has 1 unspecified atom stereocenters. The third-order valence-corrected chi connectivity index (χ3v) is 6.52. The fraction of sp³-hybridized carbons (Fsp3) is 0.933. The molecule has 0 aromatic rings. The van der Waals surface area contributed by atoms with Crippen LogP contribution in [0.1, 0.15) is 44.9 Å². The normalized spacial score (nSPS) is 25.5. The quantitative estimate of drug-likeness (QED) is 0.687. The maximum Gasteiger partial charge on any atom is 0.304 e. The lowest BCUT2D eigenvalue weighted by molar-refractivity contribution is -0.137. The molecule has 0 aromatic heterocycles. The van der Waals surface area contributed by atoms with E-state index in [1.807, 2.05) is 0 Å². The SMILES string of the molecule is COCC1CCN(S(=O)(=O)N[C@@H](CC(=O)O)C2CCCCC2)C1. The molecule has 0 bridgehead atoms. The Labute approximate surface area is 138 Å². The molecule has 0 radical (unpaired) electrons. The summed E-state index contributed by atoms with van der Waals surface area (Å²) in [6.45, 7) is 1.45. The molecular formula is C15H28N2O5S. The number of carboxylic acids is 1. The van der Waals surface area contributed by atoms with E-state index in [9.17, 15) is 13.2 Å². The van der Waals surface area contributed by atoms with Crippen LogP contribution in [-0.4, -0.2) is 56.6 Å². The molecule has 1 saturated carbocycles. The number of rotatable bonds is 8. The smallest absolute Gasteiger partial charge is 0.304 e. The molecule has 1 aliphatic heterocycles. The van der Waals surface area contributed by atoms with Crippen LogP contribution in [0.4, 0.5) is 0 Å². The average Bonchev–Trinajstić information content (AvgIpc) is 2.97. The van der Waals surface area contributed by atoms with Gasteiger partial charge in [-0.25, -0.2) is 0 Å². The molecule has 8 heteroatoms. The van der Waals surface area contributed by atoms with Gasteiger partial charge >= 0.3 is 5.97 Å². The number of carbonyl (C=O) groups is 1. The highest BCUT2D eigenvalue weighted by Crippen LogP contribution is 2.29. The minimum absolute atomic E-state index is 0.118. The first kappa shape index (κ1) is 18.6. The van der Waals surface area contributed by atoms with Gasteiger partial charge < -0.3 is 9.84 Å².